The molecule has 1 N–H and O–H groups in total. The van der Waals surface area contributed by atoms with Crippen LogP contribution >= 0.6 is 34.8 Å². The quantitative estimate of drug-likeness (QED) is 0.0968. The zero-order valence-corrected chi connectivity index (χ0v) is 22.4. The molecule has 0 spiro atoms. The minimum absolute atomic E-state index is 0.0569. The number of hydrogen-bond donors (Lipinski definition) is 1. The van der Waals surface area contributed by atoms with Crippen molar-refractivity contribution in [2.45, 2.75) is 101 Å². The molecule has 0 radical (unpaired) electrons. The average Bonchev–Trinajstić information content (AvgIpc) is 2.76. The van der Waals surface area contributed by atoms with Crippen molar-refractivity contribution in [1.29, 1.82) is 0 Å². The second-order valence-corrected chi connectivity index (χ2v) is 11.1. The summed E-state index contributed by atoms with van der Waals surface area (Å²) in [5, 5.41) is 9.14. The molecule has 0 saturated carbocycles. The van der Waals surface area contributed by atoms with Crippen molar-refractivity contribution in [2.75, 3.05) is 6.61 Å². The Bertz CT molecular complexity index is 745. The first-order valence-electron chi connectivity index (χ1n) is 12.2. The topological polar surface area (TPSA) is 46.5 Å². The zero-order chi connectivity index (χ0) is 24.5. The molecular weight excluding hydrogens is 479 g/mol. The van der Waals surface area contributed by atoms with Crippen LogP contribution in [0.25, 0.3) is 5.57 Å². The molecule has 6 heteroatoms. The summed E-state index contributed by atoms with van der Waals surface area (Å²) in [7, 11) is 0. The third-order valence-corrected chi connectivity index (χ3v) is 5.91. The summed E-state index contributed by atoms with van der Waals surface area (Å²) in [5.41, 5.74) is 4.19. The van der Waals surface area contributed by atoms with E-state index in [9.17, 15) is 4.79 Å². The van der Waals surface area contributed by atoms with Crippen LogP contribution in [0.1, 0.15) is 103 Å². The maximum Gasteiger partial charge on any atom is 0.339 e. The molecule has 0 heterocycles. The molecule has 1 aromatic rings. The predicted octanol–water partition coefficient (Wildman–Crippen LogP) is 9.54. The van der Waals surface area contributed by atoms with E-state index in [1.165, 1.54) is 77.6 Å². The number of aliphatic carboxylic acids is 1. The Morgan fingerprint density at radius 1 is 0.879 bits per heavy atom. The van der Waals surface area contributed by atoms with Gasteiger partial charge in [0.05, 0.1) is 12.2 Å². The Kier molecular flexibility index (Phi) is 15.7. The van der Waals surface area contributed by atoms with Crippen molar-refractivity contribution < 1.29 is 14.6 Å². The van der Waals surface area contributed by atoms with Gasteiger partial charge < -0.3 is 9.84 Å². The SMILES string of the molecule is CCCCCCCCCCCCCCOc1ccc(C(=C=C(C)C(=O)O)CC(Cl)(Cl)Cl)cc1. The number of alkyl halides is 3. The van der Waals surface area contributed by atoms with E-state index in [2.05, 4.69) is 12.7 Å². The first-order chi connectivity index (χ1) is 15.7. The van der Waals surface area contributed by atoms with Crippen LogP contribution < -0.4 is 4.74 Å². The van der Waals surface area contributed by atoms with Crippen molar-refractivity contribution in [3.63, 3.8) is 0 Å². The van der Waals surface area contributed by atoms with Crippen LogP contribution in [-0.2, 0) is 4.79 Å². The first kappa shape index (κ1) is 29.9. The predicted molar refractivity (Wildman–Crippen MR) is 142 cm³/mol. The van der Waals surface area contributed by atoms with Gasteiger partial charge in [-0.2, -0.15) is 0 Å². The summed E-state index contributed by atoms with van der Waals surface area (Å²) in [6, 6.07) is 7.38. The Morgan fingerprint density at radius 2 is 1.36 bits per heavy atom. The Balaban J connectivity index is 2.34. The van der Waals surface area contributed by atoms with Crippen molar-refractivity contribution in [2.24, 2.45) is 0 Å². The van der Waals surface area contributed by atoms with E-state index in [1.54, 1.807) is 0 Å². The van der Waals surface area contributed by atoms with Crippen LogP contribution in [0.3, 0.4) is 0 Å². The standard InChI is InChI=1S/C27H39Cl3O3/c1-3-4-5-6-7-8-9-10-11-12-13-14-19-33-25-17-15-23(16-18-25)24(21-27(28,29)30)20-22(2)26(31)32/h15-18H,3-14,19,21H2,1-2H3,(H,31,32). The maximum absolute atomic E-state index is 11.2. The molecule has 1 aromatic carbocycles. The van der Waals surface area contributed by atoms with Gasteiger partial charge >= 0.3 is 5.97 Å². The van der Waals surface area contributed by atoms with Gasteiger partial charge in [-0.05, 0) is 31.0 Å². The fourth-order valence-electron chi connectivity index (χ4n) is 3.58. The van der Waals surface area contributed by atoms with Crippen molar-refractivity contribution >= 4 is 46.3 Å². The lowest BCUT2D eigenvalue weighted by atomic mass is 10.0. The van der Waals surface area contributed by atoms with E-state index >= 15 is 0 Å². The number of ether oxygens (including phenoxy) is 1. The first-order valence-corrected chi connectivity index (χ1v) is 13.4. The molecule has 0 saturated heterocycles. The monoisotopic (exact) mass is 516 g/mol. The van der Waals surface area contributed by atoms with Crippen molar-refractivity contribution in [3.05, 3.63) is 41.1 Å². The second-order valence-electron chi connectivity index (χ2n) is 8.59. The molecule has 186 valence electrons. The van der Waals surface area contributed by atoms with Gasteiger partial charge in [0.2, 0.25) is 0 Å². The molecule has 0 aliphatic heterocycles. The number of carboxylic acids is 1. The molecule has 0 aliphatic rings. The third kappa shape index (κ3) is 15.4. The third-order valence-electron chi connectivity index (χ3n) is 5.51. The van der Waals surface area contributed by atoms with Gasteiger partial charge in [0.25, 0.3) is 0 Å². The highest BCUT2D eigenvalue weighted by molar-refractivity contribution is 6.67. The summed E-state index contributed by atoms with van der Waals surface area (Å²) < 4.78 is 4.31. The number of carbonyl (C=O) groups is 1. The normalized spacial score (nSPS) is 11.2. The number of halogens is 3. The fraction of sp³-hybridized carbons (Fsp3) is 0.630. The van der Waals surface area contributed by atoms with Crippen molar-refractivity contribution in [1.82, 2.24) is 0 Å². The van der Waals surface area contributed by atoms with Crippen molar-refractivity contribution in [3.8, 4) is 5.75 Å². The number of benzene rings is 1. The van der Waals surface area contributed by atoms with Gasteiger partial charge in [0.15, 0.2) is 3.79 Å². The molecule has 0 unspecified atom stereocenters. The molecule has 0 aliphatic carbocycles. The highest BCUT2D eigenvalue weighted by Crippen LogP contribution is 2.37. The molecular formula is C27H39Cl3O3. The maximum atomic E-state index is 11.2. The fourth-order valence-corrected chi connectivity index (χ4v) is 3.98. The Labute approximate surface area is 215 Å². The summed E-state index contributed by atoms with van der Waals surface area (Å²) >= 11 is 17.8. The molecule has 0 atom stereocenters. The van der Waals surface area contributed by atoms with Gasteiger partial charge in [-0.1, -0.05) is 124 Å². The lowest BCUT2D eigenvalue weighted by molar-refractivity contribution is -0.132. The van der Waals surface area contributed by atoms with E-state index in [0.29, 0.717) is 12.2 Å². The molecule has 0 fully saturated rings. The molecule has 0 bridgehead atoms. The molecule has 1 rings (SSSR count). The minimum Gasteiger partial charge on any atom is -0.494 e. The number of unbranched alkanes of at least 4 members (excludes halogenated alkanes) is 11. The number of hydrogen-bond acceptors (Lipinski definition) is 2. The van der Waals surface area contributed by atoms with Gasteiger partial charge in [-0.3, -0.25) is 0 Å². The summed E-state index contributed by atoms with van der Waals surface area (Å²) in [6.45, 7) is 4.41. The number of rotatable bonds is 17. The van der Waals surface area contributed by atoms with Crippen LogP contribution in [0.4, 0.5) is 0 Å². The lowest BCUT2D eigenvalue weighted by Crippen LogP contribution is -2.04. The van der Waals surface area contributed by atoms with Crippen LogP contribution in [-0.4, -0.2) is 21.5 Å². The van der Waals surface area contributed by atoms with Crippen LogP contribution in [0.2, 0.25) is 0 Å². The summed E-state index contributed by atoms with van der Waals surface area (Å²) in [4.78, 5) is 11.2. The van der Waals surface area contributed by atoms with Crippen LogP contribution in [0, 0.1) is 0 Å². The van der Waals surface area contributed by atoms with Gasteiger partial charge in [-0.15, -0.1) is 5.73 Å². The van der Waals surface area contributed by atoms with E-state index in [0.717, 1.165) is 17.7 Å². The molecule has 3 nitrogen and oxygen atoms in total. The molecule has 0 amide bonds. The van der Waals surface area contributed by atoms with E-state index in [-0.39, 0.29) is 12.0 Å². The smallest absolute Gasteiger partial charge is 0.339 e. The van der Waals surface area contributed by atoms with Crippen LogP contribution in [0.15, 0.2) is 35.6 Å². The highest BCUT2D eigenvalue weighted by Gasteiger charge is 2.22. The van der Waals surface area contributed by atoms with Gasteiger partial charge in [0.1, 0.15) is 5.75 Å². The molecule has 0 aromatic heterocycles. The lowest BCUT2D eigenvalue weighted by Gasteiger charge is -2.13. The van der Waals surface area contributed by atoms with E-state index < -0.39 is 9.76 Å². The van der Waals surface area contributed by atoms with Gasteiger partial charge in [-0.25, -0.2) is 4.79 Å². The summed E-state index contributed by atoms with van der Waals surface area (Å²) in [6.07, 6.45) is 15.8. The van der Waals surface area contributed by atoms with Crippen LogP contribution in [0.5, 0.6) is 5.75 Å². The zero-order valence-electron chi connectivity index (χ0n) is 20.1. The number of carboxylic acid groups (broad SMARTS) is 1. The van der Waals surface area contributed by atoms with Gasteiger partial charge in [0, 0.05) is 12.0 Å². The Morgan fingerprint density at radius 3 is 1.82 bits per heavy atom. The molecule has 33 heavy (non-hydrogen) atoms. The summed E-state index contributed by atoms with van der Waals surface area (Å²) in [5.74, 6) is -0.284. The van der Waals surface area contributed by atoms with E-state index in [1.807, 2.05) is 24.3 Å². The highest BCUT2D eigenvalue weighted by atomic mass is 35.6. The minimum atomic E-state index is -1.54. The Hall–Kier alpha value is -1.12. The average molecular weight is 518 g/mol. The second kappa shape index (κ2) is 17.3. The largest absolute Gasteiger partial charge is 0.494 e. The van der Waals surface area contributed by atoms with E-state index in [4.69, 9.17) is 44.6 Å².